The number of ether oxygens (including phenoxy) is 1. The molecule has 2 aromatic heterocycles. The fourth-order valence-corrected chi connectivity index (χ4v) is 2.99. The van der Waals surface area contributed by atoms with Crippen molar-refractivity contribution in [1.29, 1.82) is 0 Å². The van der Waals surface area contributed by atoms with Gasteiger partial charge >= 0.3 is 0 Å². The van der Waals surface area contributed by atoms with E-state index in [2.05, 4.69) is 10.1 Å². The highest BCUT2D eigenvalue weighted by molar-refractivity contribution is 5.91. The zero-order valence-corrected chi connectivity index (χ0v) is 14.2. The van der Waals surface area contributed by atoms with E-state index >= 15 is 0 Å². The highest BCUT2D eigenvalue weighted by atomic mass is 16.5. The van der Waals surface area contributed by atoms with Gasteiger partial charge in [-0.15, -0.1) is 0 Å². The third-order valence-electron chi connectivity index (χ3n) is 4.40. The lowest BCUT2D eigenvalue weighted by molar-refractivity contribution is -0.0103. The molecular weight excluding hydrogens is 334 g/mol. The molecule has 1 aliphatic heterocycles. The van der Waals surface area contributed by atoms with Crippen molar-refractivity contribution in [2.75, 3.05) is 13.1 Å². The maximum absolute atomic E-state index is 12.2. The second-order valence-corrected chi connectivity index (χ2v) is 6.16. The Kier molecular flexibility index (Phi) is 4.79. The molecular formula is C19H19N3O4. The van der Waals surface area contributed by atoms with Gasteiger partial charge < -0.3 is 18.6 Å². The second-order valence-electron chi connectivity index (χ2n) is 6.16. The number of amides is 1. The summed E-state index contributed by atoms with van der Waals surface area (Å²) < 4.78 is 16.3. The van der Waals surface area contributed by atoms with Gasteiger partial charge in [-0.05, 0) is 25.0 Å². The molecule has 1 amide bonds. The smallest absolute Gasteiger partial charge is 0.289 e. The molecule has 1 aliphatic rings. The molecule has 0 unspecified atom stereocenters. The van der Waals surface area contributed by atoms with Crippen molar-refractivity contribution >= 4 is 5.91 Å². The van der Waals surface area contributed by atoms with E-state index in [-0.39, 0.29) is 18.6 Å². The van der Waals surface area contributed by atoms with E-state index in [9.17, 15) is 4.79 Å². The first-order valence-electron chi connectivity index (χ1n) is 8.62. The lowest BCUT2D eigenvalue weighted by Crippen LogP contribution is -2.40. The van der Waals surface area contributed by atoms with Gasteiger partial charge in [0.2, 0.25) is 5.82 Å². The quantitative estimate of drug-likeness (QED) is 0.701. The number of benzene rings is 1. The van der Waals surface area contributed by atoms with Crippen LogP contribution < -0.4 is 0 Å². The third-order valence-corrected chi connectivity index (χ3v) is 4.40. The Hall–Kier alpha value is -2.93. The Morgan fingerprint density at radius 1 is 1.15 bits per heavy atom. The SMILES string of the molecule is O=C(c1ccco1)N1CCC(OCc2nc(-c3ccccc3)no2)CC1. The Labute approximate surface area is 150 Å². The molecule has 7 heteroatoms. The molecule has 134 valence electrons. The largest absolute Gasteiger partial charge is 0.459 e. The summed E-state index contributed by atoms with van der Waals surface area (Å²) in [6.07, 6.45) is 3.12. The van der Waals surface area contributed by atoms with Crippen molar-refractivity contribution in [2.24, 2.45) is 0 Å². The Morgan fingerprint density at radius 2 is 1.96 bits per heavy atom. The van der Waals surface area contributed by atoms with Gasteiger partial charge in [-0.3, -0.25) is 4.79 Å². The van der Waals surface area contributed by atoms with Crippen molar-refractivity contribution in [1.82, 2.24) is 15.0 Å². The van der Waals surface area contributed by atoms with Crippen LogP contribution in [-0.2, 0) is 11.3 Å². The first-order chi connectivity index (χ1) is 12.8. The second kappa shape index (κ2) is 7.53. The van der Waals surface area contributed by atoms with Crippen LogP contribution in [0.1, 0.15) is 29.3 Å². The molecule has 0 N–H and O–H groups in total. The predicted molar refractivity (Wildman–Crippen MR) is 92.2 cm³/mol. The average Bonchev–Trinajstić information content (AvgIpc) is 3.39. The fourth-order valence-electron chi connectivity index (χ4n) is 2.99. The van der Waals surface area contributed by atoms with Crippen LogP contribution in [0.25, 0.3) is 11.4 Å². The molecule has 3 heterocycles. The molecule has 1 saturated heterocycles. The zero-order valence-electron chi connectivity index (χ0n) is 14.2. The molecule has 3 aromatic rings. The van der Waals surface area contributed by atoms with E-state index < -0.39 is 0 Å². The minimum Gasteiger partial charge on any atom is -0.459 e. The van der Waals surface area contributed by atoms with Gasteiger partial charge in [-0.1, -0.05) is 35.5 Å². The van der Waals surface area contributed by atoms with Crippen molar-refractivity contribution in [2.45, 2.75) is 25.6 Å². The molecule has 0 spiro atoms. The van der Waals surface area contributed by atoms with Crippen LogP contribution in [0, 0.1) is 0 Å². The summed E-state index contributed by atoms with van der Waals surface area (Å²) in [5.41, 5.74) is 0.909. The summed E-state index contributed by atoms with van der Waals surface area (Å²) in [4.78, 5) is 18.4. The van der Waals surface area contributed by atoms with Crippen LogP contribution in [-0.4, -0.2) is 40.1 Å². The monoisotopic (exact) mass is 353 g/mol. The van der Waals surface area contributed by atoms with E-state index in [1.807, 2.05) is 30.3 Å². The number of furan rings is 1. The molecule has 4 rings (SSSR count). The van der Waals surface area contributed by atoms with Crippen molar-refractivity contribution in [3.8, 4) is 11.4 Å². The lowest BCUT2D eigenvalue weighted by Gasteiger charge is -2.31. The van der Waals surface area contributed by atoms with Crippen molar-refractivity contribution in [3.63, 3.8) is 0 Å². The van der Waals surface area contributed by atoms with Gasteiger partial charge in [0.25, 0.3) is 11.8 Å². The van der Waals surface area contributed by atoms with E-state index in [0.717, 1.165) is 18.4 Å². The number of aromatic nitrogens is 2. The van der Waals surface area contributed by atoms with Crippen LogP contribution in [0.4, 0.5) is 0 Å². The molecule has 0 atom stereocenters. The summed E-state index contributed by atoms with van der Waals surface area (Å²) >= 11 is 0. The van der Waals surface area contributed by atoms with E-state index in [1.54, 1.807) is 17.0 Å². The first-order valence-corrected chi connectivity index (χ1v) is 8.62. The number of carbonyl (C=O) groups is 1. The van der Waals surface area contributed by atoms with Crippen LogP contribution in [0.5, 0.6) is 0 Å². The molecule has 7 nitrogen and oxygen atoms in total. The van der Waals surface area contributed by atoms with E-state index in [1.165, 1.54) is 6.26 Å². The minimum atomic E-state index is -0.0714. The van der Waals surface area contributed by atoms with Crippen LogP contribution in [0.15, 0.2) is 57.7 Å². The van der Waals surface area contributed by atoms with Gasteiger partial charge in [-0.2, -0.15) is 4.98 Å². The van der Waals surface area contributed by atoms with Crippen LogP contribution in [0.3, 0.4) is 0 Å². The van der Waals surface area contributed by atoms with Gasteiger partial charge in [-0.25, -0.2) is 0 Å². The first kappa shape index (κ1) is 16.5. The highest BCUT2D eigenvalue weighted by Gasteiger charge is 2.25. The predicted octanol–water partition coefficient (Wildman–Crippen LogP) is 3.15. The van der Waals surface area contributed by atoms with Gasteiger partial charge in [0.05, 0.1) is 12.4 Å². The normalized spacial score (nSPS) is 15.3. The van der Waals surface area contributed by atoms with Crippen molar-refractivity contribution in [3.05, 3.63) is 60.4 Å². The summed E-state index contributed by atoms with van der Waals surface area (Å²) in [5.74, 6) is 1.32. The summed E-state index contributed by atoms with van der Waals surface area (Å²) in [6.45, 7) is 1.56. The number of piperidine rings is 1. The Balaban J connectivity index is 1.26. The lowest BCUT2D eigenvalue weighted by atomic mass is 10.1. The average molecular weight is 353 g/mol. The maximum Gasteiger partial charge on any atom is 0.289 e. The Bertz CT molecular complexity index is 837. The number of hydrogen-bond donors (Lipinski definition) is 0. The molecule has 0 saturated carbocycles. The molecule has 1 aromatic carbocycles. The maximum atomic E-state index is 12.2. The minimum absolute atomic E-state index is 0.0714. The molecule has 0 bridgehead atoms. The van der Waals surface area contributed by atoms with Crippen LogP contribution in [0.2, 0.25) is 0 Å². The van der Waals surface area contributed by atoms with Gasteiger partial charge in [0.15, 0.2) is 5.76 Å². The summed E-state index contributed by atoms with van der Waals surface area (Å²) in [7, 11) is 0. The number of hydrogen-bond acceptors (Lipinski definition) is 6. The number of rotatable bonds is 5. The van der Waals surface area contributed by atoms with Crippen molar-refractivity contribution < 1.29 is 18.5 Å². The van der Waals surface area contributed by atoms with Gasteiger partial charge in [0, 0.05) is 18.7 Å². The zero-order chi connectivity index (χ0) is 17.8. The summed E-state index contributed by atoms with van der Waals surface area (Å²) in [6, 6.07) is 13.1. The van der Waals surface area contributed by atoms with E-state index in [4.69, 9.17) is 13.7 Å². The molecule has 0 radical (unpaired) electrons. The number of likely N-dealkylation sites (tertiary alicyclic amines) is 1. The number of nitrogens with zero attached hydrogens (tertiary/aromatic N) is 3. The molecule has 0 aliphatic carbocycles. The molecule has 1 fully saturated rings. The standard InChI is InChI=1S/C19H19N3O4/c23-19(16-7-4-12-24-16)22-10-8-15(9-11-22)25-13-17-20-18(21-26-17)14-5-2-1-3-6-14/h1-7,12,15H,8-11,13H2. The topological polar surface area (TPSA) is 81.6 Å². The molecule has 26 heavy (non-hydrogen) atoms. The van der Waals surface area contributed by atoms with E-state index in [0.29, 0.717) is 30.6 Å². The summed E-state index contributed by atoms with van der Waals surface area (Å²) in [5, 5.41) is 3.98. The van der Waals surface area contributed by atoms with Crippen LogP contribution >= 0.6 is 0 Å². The highest BCUT2D eigenvalue weighted by Crippen LogP contribution is 2.19. The van der Waals surface area contributed by atoms with Gasteiger partial charge in [0.1, 0.15) is 6.61 Å². The number of carbonyl (C=O) groups excluding carboxylic acids is 1. The third kappa shape index (κ3) is 3.67. The Morgan fingerprint density at radius 3 is 2.69 bits per heavy atom. The fraction of sp³-hybridized carbons (Fsp3) is 0.316.